The maximum atomic E-state index is 6.13. The Bertz CT molecular complexity index is 933. The van der Waals surface area contributed by atoms with E-state index < -0.39 is 0 Å². The van der Waals surface area contributed by atoms with E-state index in [1.54, 1.807) is 35.0 Å². The van der Waals surface area contributed by atoms with E-state index in [-0.39, 0.29) is 0 Å². The minimum atomic E-state index is 0.427. The van der Waals surface area contributed by atoms with Crippen LogP contribution in [0.25, 0.3) is 10.6 Å². The van der Waals surface area contributed by atoms with Crippen LogP contribution in [0.5, 0.6) is 0 Å². The Hall–Kier alpha value is -1.67. The highest BCUT2D eigenvalue weighted by molar-refractivity contribution is 7.18. The number of hydrogen-bond acceptors (Lipinski definition) is 7. The van der Waals surface area contributed by atoms with Gasteiger partial charge in [0.25, 0.3) is 0 Å². The summed E-state index contributed by atoms with van der Waals surface area (Å²) in [6, 6.07) is 5.75. The van der Waals surface area contributed by atoms with Gasteiger partial charge in [-0.05, 0) is 36.8 Å². The van der Waals surface area contributed by atoms with Gasteiger partial charge in [0.2, 0.25) is 0 Å². The van der Waals surface area contributed by atoms with Crippen molar-refractivity contribution in [3.63, 3.8) is 0 Å². The lowest BCUT2D eigenvalue weighted by Crippen LogP contribution is -2.29. The molecule has 0 atom stereocenters. The van der Waals surface area contributed by atoms with Gasteiger partial charge in [0, 0.05) is 19.3 Å². The minimum absolute atomic E-state index is 0.427. The van der Waals surface area contributed by atoms with Gasteiger partial charge in [0.1, 0.15) is 5.69 Å². The Morgan fingerprint density at radius 3 is 2.81 bits per heavy atom. The van der Waals surface area contributed by atoms with Crippen LogP contribution in [0, 0.1) is 0 Å². The number of rotatable bonds is 5. The average Bonchev–Trinajstić information content (AvgIpc) is 3.34. The van der Waals surface area contributed by atoms with Crippen molar-refractivity contribution in [1.82, 2.24) is 9.97 Å². The number of pyridine rings is 1. The van der Waals surface area contributed by atoms with Crippen LogP contribution in [-0.2, 0) is 0 Å². The van der Waals surface area contributed by atoms with Crippen molar-refractivity contribution in [1.29, 1.82) is 0 Å². The number of piperidine rings is 1. The van der Waals surface area contributed by atoms with Gasteiger partial charge < -0.3 is 4.90 Å². The zero-order valence-electron chi connectivity index (χ0n) is 14.4. The standard InChI is InChI=1S/C18H17Cl2N5S2/c19-12-9-13(20)17(21-10-12)24-22-11-15-16(14-5-4-8-26-14)23-18(27-15)25-6-2-1-3-7-25/h4-5,8-11H,1-3,6-7H2,(H,21,24)/b22-11+. The van der Waals surface area contributed by atoms with E-state index in [4.69, 9.17) is 28.2 Å². The summed E-state index contributed by atoms with van der Waals surface area (Å²) in [6.07, 6.45) is 7.06. The van der Waals surface area contributed by atoms with Crippen LogP contribution in [0.3, 0.4) is 0 Å². The summed E-state index contributed by atoms with van der Waals surface area (Å²) < 4.78 is 0. The quantitative estimate of drug-likeness (QED) is 0.392. The summed E-state index contributed by atoms with van der Waals surface area (Å²) in [5.41, 5.74) is 3.86. The fourth-order valence-electron chi connectivity index (χ4n) is 2.87. The molecule has 0 amide bonds. The van der Waals surface area contributed by atoms with Crippen molar-refractivity contribution in [2.45, 2.75) is 19.3 Å². The van der Waals surface area contributed by atoms with E-state index in [9.17, 15) is 0 Å². The Labute approximate surface area is 175 Å². The average molecular weight is 438 g/mol. The van der Waals surface area contributed by atoms with Gasteiger partial charge in [-0.2, -0.15) is 5.10 Å². The Morgan fingerprint density at radius 1 is 1.22 bits per heavy atom. The smallest absolute Gasteiger partial charge is 0.186 e. The predicted molar refractivity (Wildman–Crippen MR) is 117 cm³/mol. The lowest BCUT2D eigenvalue weighted by Gasteiger charge is -2.25. The number of nitrogens with one attached hydrogen (secondary N) is 1. The van der Waals surface area contributed by atoms with Gasteiger partial charge in [0.05, 0.1) is 26.0 Å². The molecule has 1 fully saturated rings. The molecule has 0 bridgehead atoms. The zero-order chi connectivity index (χ0) is 18.6. The fraction of sp³-hybridized carbons (Fsp3) is 0.278. The third-order valence-corrected chi connectivity index (χ3v) is 6.61. The van der Waals surface area contributed by atoms with Crippen molar-refractivity contribution in [3.05, 3.63) is 44.7 Å². The van der Waals surface area contributed by atoms with E-state index in [1.807, 2.05) is 6.07 Å². The molecule has 0 aliphatic carbocycles. The van der Waals surface area contributed by atoms with E-state index in [2.05, 4.69) is 31.9 Å². The van der Waals surface area contributed by atoms with E-state index >= 15 is 0 Å². The zero-order valence-corrected chi connectivity index (χ0v) is 17.5. The minimum Gasteiger partial charge on any atom is -0.348 e. The highest BCUT2D eigenvalue weighted by Gasteiger charge is 2.19. The highest BCUT2D eigenvalue weighted by Crippen LogP contribution is 2.35. The van der Waals surface area contributed by atoms with Crippen LogP contribution < -0.4 is 10.3 Å². The number of anilines is 2. The van der Waals surface area contributed by atoms with Crippen LogP contribution in [0.4, 0.5) is 10.9 Å². The number of thiazole rings is 1. The molecule has 3 aromatic heterocycles. The Balaban J connectivity index is 1.59. The molecule has 0 aromatic carbocycles. The van der Waals surface area contributed by atoms with Crippen LogP contribution in [0.1, 0.15) is 24.1 Å². The lowest BCUT2D eigenvalue weighted by molar-refractivity contribution is 0.577. The molecule has 1 N–H and O–H groups in total. The predicted octanol–water partition coefficient (Wildman–Crippen LogP) is 6.01. The van der Waals surface area contributed by atoms with Gasteiger partial charge in [-0.15, -0.1) is 11.3 Å². The normalized spacial score (nSPS) is 14.8. The molecule has 1 aliphatic heterocycles. The first-order valence-corrected chi connectivity index (χ1v) is 11.1. The van der Waals surface area contributed by atoms with Crippen LogP contribution in [0.2, 0.25) is 10.0 Å². The highest BCUT2D eigenvalue weighted by atomic mass is 35.5. The molecular formula is C18H17Cl2N5S2. The van der Waals surface area contributed by atoms with Crippen LogP contribution in [-0.4, -0.2) is 29.3 Å². The van der Waals surface area contributed by atoms with Gasteiger partial charge in [-0.1, -0.05) is 40.6 Å². The van der Waals surface area contributed by atoms with Crippen molar-refractivity contribution < 1.29 is 0 Å². The molecule has 9 heteroatoms. The molecule has 0 unspecified atom stereocenters. The maximum absolute atomic E-state index is 6.13. The molecule has 0 spiro atoms. The van der Waals surface area contributed by atoms with Gasteiger partial charge in [-0.25, -0.2) is 9.97 Å². The molecule has 1 saturated heterocycles. The van der Waals surface area contributed by atoms with Crippen molar-refractivity contribution in [3.8, 4) is 10.6 Å². The first-order valence-electron chi connectivity index (χ1n) is 8.60. The van der Waals surface area contributed by atoms with Crippen molar-refractivity contribution in [2.24, 2.45) is 5.10 Å². The molecule has 0 saturated carbocycles. The molecule has 27 heavy (non-hydrogen) atoms. The fourth-order valence-corrected chi connectivity index (χ4v) is 5.08. The molecule has 5 nitrogen and oxygen atoms in total. The molecule has 4 rings (SSSR count). The number of hydrazone groups is 1. The molecule has 1 aliphatic rings. The first-order chi connectivity index (χ1) is 13.2. The number of aromatic nitrogens is 2. The summed E-state index contributed by atoms with van der Waals surface area (Å²) in [7, 11) is 0. The summed E-state index contributed by atoms with van der Waals surface area (Å²) in [5, 5.41) is 8.36. The Kier molecular flexibility index (Phi) is 5.92. The second-order valence-electron chi connectivity index (χ2n) is 6.09. The van der Waals surface area contributed by atoms with Gasteiger partial charge >= 0.3 is 0 Å². The summed E-state index contributed by atoms with van der Waals surface area (Å²) in [5.74, 6) is 0.468. The number of nitrogens with zero attached hydrogens (tertiary/aromatic N) is 4. The molecule has 140 valence electrons. The molecule has 3 aromatic rings. The summed E-state index contributed by atoms with van der Waals surface area (Å²) in [4.78, 5) is 13.6. The second kappa shape index (κ2) is 8.56. The van der Waals surface area contributed by atoms with Gasteiger partial charge in [-0.3, -0.25) is 5.43 Å². The van der Waals surface area contributed by atoms with Crippen LogP contribution >= 0.6 is 45.9 Å². The lowest BCUT2D eigenvalue weighted by atomic mass is 10.1. The molecule has 4 heterocycles. The monoisotopic (exact) mass is 437 g/mol. The first kappa shape index (κ1) is 18.7. The third kappa shape index (κ3) is 4.43. The van der Waals surface area contributed by atoms with Crippen molar-refractivity contribution >= 4 is 63.0 Å². The summed E-state index contributed by atoms with van der Waals surface area (Å²) in [6.45, 7) is 2.13. The second-order valence-corrected chi connectivity index (χ2v) is 8.89. The number of halogens is 2. The number of thiophene rings is 1. The number of hydrogen-bond donors (Lipinski definition) is 1. The maximum Gasteiger partial charge on any atom is 0.186 e. The SMILES string of the molecule is Clc1cnc(N/N=C/c2sc(N3CCCCC3)nc2-c2cccs2)c(Cl)c1. The van der Waals surface area contributed by atoms with Crippen molar-refractivity contribution in [2.75, 3.05) is 23.4 Å². The van der Waals surface area contributed by atoms with E-state index in [0.29, 0.717) is 15.9 Å². The third-order valence-electron chi connectivity index (χ3n) is 4.18. The molecular weight excluding hydrogens is 421 g/mol. The van der Waals surface area contributed by atoms with E-state index in [0.717, 1.165) is 33.7 Å². The van der Waals surface area contributed by atoms with Gasteiger partial charge in [0.15, 0.2) is 10.9 Å². The largest absolute Gasteiger partial charge is 0.348 e. The summed E-state index contributed by atoms with van der Waals surface area (Å²) >= 11 is 15.4. The van der Waals surface area contributed by atoms with Crippen LogP contribution in [0.15, 0.2) is 34.9 Å². The topological polar surface area (TPSA) is 53.4 Å². The molecule has 0 radical (unpaired) electrons. The Morgan fingerprint density at radius 2 is 2.07 bits per heavy atom. The van der Waals surface area contributed by atoms with E-state index in [1.165, 1.54) is 25.5 Å².